The van der Waals surface area contributed by atoms with Gasteiger partial charge >= 0.3 is 0 Å². The standard InChI is InChI=1S/C11H14ClNO3S/c1-7(2)17(15,16)13-9-4-5-11(12)10(6-9)8(3)14/h4-7,13H,1-3H3. The first-order valence-corrected chi connectivity index (χ1v) is 6.98. The van der Waals surface area contributed by atoms with Gasteiger partial charge in [0.25, 0.3) is 0 Å². The largest absolute Gasteiger partial charge is 0.294 e. The fourth-order valence-corrected chi connectivity index (χ4v) is 2.08. The van der Waals surface area contributed by atoms with Crippen molar-refractivity contribution in [1.29, 1.82) is 0 Å². The maximum absolute atomic E-state index is 11.6. The van der Waals surface area contributed by atoms with E-state index in [4.69, 9.17) is 11.6 Å². The van der Waals surface area contributed by atoms with E-state index in [1.807, 2.05) is 0 Å². The number of rotatable bonds is 4. The van der Waals surface area contributed by atoms with Gasteiger partial charge in [0.15, 0.2) is 5.78 Å². The van der Waals surface area contributed by atoms with Crippen LogP contribution in [0.1, 0.15) is 31.1 Å². The van der Waals surface area contributed by atoms with Crippen LogP contribution in [-0.4, -0.2) is 19.5 Å². The molecule has 0 saturated heterocycles. The van der Waals surface area contributed by atoms with Crippen molar-refractivity contribution in [2.45, 2.75) is 26.0 Å². The van der Waals surface area contributed by atoms with E-state index >= 15 is 0 Å². The average molecular weight is 276 g/mol. The summed E-state index contributed by atoms with van der Waals surface area (Å²) in [6.45, 7) is 4.52. The van der Waals surface area contributed by atoms with Crippen LogP contribution in [0.15, 0.2) is 18.2 Å². The number of benzene rings is 1. The maximum Gasteiger partial charge on any atom is 0.235 e. The third-order valence-electron chi connectivity index (χ3n) is 2.23. The molecule has 1 rings (SSSR count). The van der Waals surface area contributed by atoms with E-state index in [0.29, 0.717) is 16.3 Å². The fourth-order valence-electron chi connectivity index (χ4n) is 1.14. The molecule has 0 atom stereocenters. The first-order chi connectivity index (χ1) is 7.74. The number of hydrogen-bond acceptors (Lipinski definition) is 3. The second-order valence-corrected chi connectivity index (χ2v) is 6.59. The lowest BCUT2D eigenvalue weighted by Gasteiger charge is -2.11. The van der Waals surface area contributed by atoms with Crippen molar-refractivity contribution < 1.29 is 13.2 Å². The number of carbonyl (C=O) groups excluding carboxylic acids is 1. The second-order valence-electron chi connectivity index (χ2n) is 3.95. The highest BCUT2D eigenvalue weighted by atomic mass is 35.5. The lowest BCUT2D eigenvalue weighted by Crippen LogP contribution is -2.22. The topological polar surface area (TPSA) is 63.2 Å². The quantitative estimate of drug-likeness (QED) is 0.860. The molecule has 0 unspecified atom stereocenters. The number of nitrogens with one attached hydrogen (secondary N) is 1. The molecule has 0 spiro atoms. The van der Waals surface area contributed by atoms with Crippen molar-refractivity contribution in [1.82, 2.24) is 0 Å². The molecule has 0 aliphatic rings. The minimum absolute atomic E-state index is 0.208. The van der Waals surface area contributed by atoms with Crippen LogP contribution in [-0.2, 0) is 10.0 Å². The molecule has 1 aromatic carbocycles. The highest BCUT2D eigenvalue weighted by molar-refractivity contribution is 7.93. The monoisotopic (exact) mass is 275 g/mol. The first-order valence-electron chi connectivity index (χ1n) is 5.06. The summed E-state index contributed by atoms with van der Waals surface area (Å²) in [4.78, 5) is 11.3. The fraction of sp³-hybridized carbons (Fsp3) is 0.364. The van der Waals surface area contributed by atoms with Crippen molar-refractivity contribution in [2.75, 3.05) is 4.72 Å². The highest BCUT2D eigenvalue weighted by Crippen LogP contribution is 2.22. The molecule has 0 aromatic heterocycles. The van der Waals surface area contributed by atoms with E-state index < -0.39 is 15.3 Å². The molecule has 4 nitrogen and oxygen atoms in total. The summed E-state index contributed by atoms with van der Waals surface area (Å²) in [5, 5.41) is -0.232. The highest BCUT2D eigenvalue weighted by Gasteiger charge is 2.16. The molecule has 6 heteroatoms. The van der Waals surface area contributed by atoms with Gasteiger partial charge in [-0.2, -0.15) is 0 Å². The molecule has 0 heterocycles. The zero-order valence-electron chi connectivity index (χ0n) is 9.82. The molecule has 0 saturated carbocycles. The molecule has 0 radical (unpaired) electrons. The molecule has 1 aromatic rings. The van der Waals surface area contributed by atoms with Crippen LogP contribution >= 0.6 is 11.6 Å². The van der Waals surface area contributed by atoms with E-state index in [0.717, 1.165) is 0 Å². The average Bonchev–Trinajstić information content (AvgIpc) is 2.20. The molecule has 0 aliphatic carbocycles. The smallest absolute Gasteiger partial charge is 0.235 e. The Morgan fingerprint density at radius 1 is 1.35 bits per heavy atom. The SMILES string of the molecule is CC(=O)c1cc(NS(=O)(=O)C(C)C)ccc1Cl. The van der Waals surface area contributed by atoms with Crippen molar-refractivity contribution >= 4 is 33.1 Å². The normalized spacial score (nSPS) is 11.6. The van der Waals surface area contributed by atoms with Crippen molar-refractivity contribution in [3.05, 3.63) is 28.8 Å². The van der Waals surface area contributed by atoms with Crippen LogP contribution in [0.4, 0.5) is 5.69 Å². The van der Waals surface area contributed by atoms with E-state index in [9.17, 15) is 13.2 Å². The molecule has 0 aliphatic heterocycles. The van der Waals surface area contributed by atoms with E-state index in [1.54, 1.807) is 13.8 Å². The Labute approximate surface area is 106 Å². The van der Waals surface area contributed by atoms with Crippen LogP contribution in [0.5, 0.6) is 0 Å². The van der Waals surface area contributed by atoms with E-state index in [1.165, 1.54) is 25.1 Å². The molecule has 17 heavy (non-hydrogen) atoms. The number of ketones is 1. The molecule has 0 amide bonds. The van der Waals surface area contributed by atoms with Gasteiger partial charge in [0.05, 0.1) is 10.3 Å². The summed E-state index contributed by atoms with van der Waals surface area (Å²) < 4.78 is 25.7. The van der Waals surface area contributed by atoms with Gasteiger partial charge in [0, 0.05) is 11.3 Å². The third-order valence-corrected chi connectivity index (χ3v) is 4.32. The number of anilines is 1. The summed E-state index contributed by atoms with van der Waals surface area (Å²) in [5.41, 5.74) is 0.643. The number of sulfonamides is 1. The minimum Gasteiger partial charge on any atom is -0.294 e. The van der Waals surface area contributed by atoms with Gasteiger partial charge < -0.3 is 0 Å². The van der Waals surface area contributed by atoms with Crippen molar-refractivity contribution in [3.63, 3.8) is 0 Å². The Kier molecular flexibility index (Phi) is 4.16. The number of Topliss-reactive ketones (excluding diaryl/α,β-unsaturated/α-hetero) is 1. The Morgan fingerprint density at radius 3 is 2.41 bits per heavy atom. The van der Waals surface area contributed by atoms with E-state index in [2.05, 4.69) is 4.72 Å². The van der Waals surface area contributed by atoms with Crippen molar-refractivity contribution in [3.8, 4) is 0 Å². The maximum atomic E-state index is 11.6. The summed E-state index contributed by atoms with van der Waals surface area (Å²) in [6, 6.07) is 4.45. The Hall–Kier alpha value is -1.07. The number of halogens is 1. The Balaban J connectivity index is 3.10. The molecular formula is C11H14ClNO3S. The Morgan fingerprint density at radius 2 is 1.94 bits per heavy atom. The van der Waals surface area contributed by atoms with Crippen LogP contribution in [0, 0.1) is 0 Å². The number of hydrogen-bond donors (Lipinski definition) is 1. The van der Waals surface area contributed by atoms with Gasteiger partial charge in [0.2, 0.25) is 10.0 Å². The summed E-state index contributed by atoms with van der Waals surface area (Å²) in [7, 11) is -3.41. The lowest BCUT2D eigenvalue weighted by molar-refractivity contribution is 0.101. The molecule has 94 valence electrons. The summed E-state index contributed by atoms with van der Waals surface area (Å²) in [6.07, 6.45) is 0. The van der Waals surface area contributed by atoms with Crippen LogP contribution in [0.3, 0.4) is 0 Å². The minimum atomic E-state index is -3.41. The molecule has 1 N–H and O–H groups in total. The zero-order chi connectivity index (χ0) is 13.2. The Bertz CT molecular complexity index is 538. The van der Waals surface area contributed by atoms with E-state index in [-0.39, 0.29) is 5.78 Å². The van der Waals surface area contributed by atoms with Gasteiger partial charge in [0.1, 0.15) is 0 Å². The van der Waals surface area contributed by atoms with Crippen molar-refractivity contribution in [2.24, 2.45) is 0 Å². The molecule has 0 fully saturated rings. The van der Waals surface area contributed by atoms with Crippen LogP contribution in [0.2, 0.25) is 5.02 Å². The van der Waals surface area contributed by atoms with Crippen LogP contribution < -0.4 is 4.72 Å². The first kappa shape index (κ1) is 14.0. The van der Waals surface area contributed by atoms with Gasteiger partial charge in [-0.05, 0) is 39.0 Å². The summed E-state index contributed by atoms with van der Waals surface area (Å²) >= 11 is 5.83. The predicted octanol–water partition coefficient (Wildman–Crippen LogP) is 2.69. The van der Waals surface area contributed by atoms with Gasteiger partial charge in [-0.3, -0.25) is 9.52 Å². The van der Waals surface area contributed by atoms with Crippen LogP contribution in [0.25, 0.3) is 0 Å². The third kappa shape index (κ3) is 3.44. The van der Waals surface area contributed by atoms with Gasteiger partial charge in [-0.25, -0.2) is 8.42 Å². The zero-order valence-corrected chi connectivity index (χ0v) is 11.4. The van der Waals surface area contributed by atoms with Gasteiger partial charge in [-0.15, -0.1) is 0 Å². The second kappa shape index (κ2) is 5.06. The van der Waals surface area contributed by atoms with Gasteiger partial charge in [-0.1, -0.05) is 11.6 Å². The summed E-state index contributed by atoms with van der Waals surface area (Å²) in [5.74, 6) is -0.208. The molecule has 0 bridgehead atoms. The predicted molar refractivity (Wildman–Crippen MR) is 69.1 cm³/mol. The molecular weight excluding hydrogens is 262 g/mol. The number of carbonyl (C=O) groups is 1. The lowest BCUT2D eigenvalue weighted by atomic mass is 10.1.